The van der Waals surface area contributed by atoms with Crippen LogP contribution in [0.1, 0.15) is 10.6 Å². The highest BCUT2D eigenvalue weighted by Gasteiger charge is 2.14. The number of hydrogen-bond donors (Lipinski definition) is 3. The molecule has 6 nitrogen and oxygen atoms in total. The lowest BCUT2D eigenvalue weighted by Crippen LogP contribution is -2.13. The molecule has 0 radical (unpaired) electrons. The smallest absolute Gasteiger partial charge is 0.292 e. The molecule has 0 aliphatic rings. The van der Waals surface area contributed by atoms with Crippen LogP contribution in [0.4, 0.5) is 14.6 Å². The highest BCUT2D eigenvalue weighted by Crippen LogP contribution is 2.22. The Hall–Kier alpha value is -3.55. The predicted molar refractivity (Wildman–Crippen MR) is 88.0 cm³/mol. The molecule has 0 saturated carbocycles. The molecule has 8 heteroatoms. The van der Waals surface area contributed by atoms with Crippen molar-refractivity contribution in [3.8, 4) is 11.3 Å². The van der Waals surface area contributed by atoms with E-state index < -0.39 is 17.5 Å². The number of carbonyl (C=O) groups is 1. The number of halogens is 2. The van der Waals surface area contributed by atoms with Crippen molar-refractivity contribution in [1.29, 1.82) is 0 Å². The fraction of sp³-hybridized carbons (Fsp3) is 0. The number of carbonyl (C=O) groups excluding carboxylic acids is 1. The first kappa shape index (κ1) is 15.0. The average molecular weight is 339 g/mol. The minimum absolute atomic E-state index is 0.151. The first-order chi connectivity index (χ1) is 12.1. The second kappa shape index (κ2) is 5.82. The Morgan fingerprint density at radius 1 is 1.04 bits per heavy atom. The third-order valence-electron chi connectivity index (χ3n) is 3.65. The molecule has 0 aliphatic carbocycles. The van der Waals surface area contributed by atoms with Gasteiger partial charge < -0.3 is 10.3 Å². The Balaban J connectivity index is 1.56. The van der Waals surface area contributed by atoms with Gasteiger partial charge in [-0.1, -0.05) is 12.1 Å². The highest BCUT2D eigenvalue weighted by atomic mass is 19.2. The van der Waals surface area contributed by atoms with Gasteiger partial charge in [0.2, 0.25) is 0 Å². The minimum atomic E-state index is -0.958. The van der Waals surface area contributed by atoms with Crippen molar-refractivity contribution in [2.75, 3.05) is 5.32 Å². The van der Waals surface area contributed by atoms with E-state index in [4.69, 9.17) is 0 Å². The topological polar surface area (TPSA) is 86.5 Å². The summed E-state index contributed by atoms with van der Waals surface area (Å²) in [6, 6.07) is 12.3. The maximum Gasteiger partial charge on any atom is 0.292 e. The van der Waals surface area contributed by atoms with E-state index in [0.717, 1.165) is 17.6 Å². The Morgan fingerprint density at radius 2 is 1.88 bits per heavy atom. The van der Waals surface area contributed by atoms with Gasteiger partial charge in [0.05, 0.1) is 16.7 Å². The average Bonchev–Trinajstić information content (AvgIpc) is 3.24. The number of aromatic nitrogens is 4. The number of para-hydroxylation sites is 2. The number of amides is 1. The molecule has 0 fully saturated rings. The van der Waals surface area contributed by atoms with Crippen molar-refractivity contribution in [1.82, 2.24) is 20.2 Å². The number of nitrogens with one attached hydrogen (secondary N) is 3. The van der Waals surface area contributed by atoms with Gasteiger partial charge in [0.25, 0.3) is 5.91 Å². The van der Waals surface area contributed by atoms with E-state index in [9.17, 15) is 13.6 Å². The summed E-state index contributed by atoms with van der Waals surface area (Å²) in [5.74, 6) is -1.95. The lowest BCUT2D eigenvalue weighted by Gasteiger charge is -1.98. The number of benzene rings is 2. The summed E-state index contributed by atoms with van der Waals surface area (Å²) in [5, 5.41) is 9.21. The van der Waals surface area contributed by atoms with Crippen LogP contribution in [0.3, 0.4) is 0 Å². The second-order valence-corrected chi connectivity index (χ2v) is 5.35. The Labute approximate surface area is 139 Å². The van der Waals surface area contributed by atoms with Crippen LogP contribution in [0.15, 0.2) is 48.5 Å². The highest BCUT2D eigenvalue weighted by molar-refractivity contribution is 6.03. The molecule has 2 aromatic carbocycles. The van der Waals surface area contributed by atoms with E-state index in [1.165, 1.54) is 12.1 Å². The molecule has 0 spiro atoms. The summed E-state index contributed by atoms with van der Waals surface area (Å²) in [6.07, 6.45) is 0. The summed E-state index contributed by atoms with van der Waals surface area (Å²) in [6.45, 7) is 0. The predicted octanol–water partition coefficient (Wildman–Crippen LogP) is 3.48. The van der Waals surface area contributed by atoms with E-state index >= 15 is 0 Å². The molecular weight excluding hydrogens is 328 g/mol. The molecule has 3 N–H and O–H groups in total. The molecule has 4 rings (SSSR count). The maximum absolute atomic E-state index is 13.3. The van der Waals surface area contributed by atoms with E-state index in [1.807, 2.05) is 18.2 Å². The fourth-order valence-electron chi connectivity index (χ4n) is 2.43. The molecule has 0 aliphatic heterocycles. The zero-order valence-electron chi connectivity index (χ0n) is 12.7. The fourth-order valence-corrected chi connectivity index (χ4v) is 2.43. The first-order valence-corrected chi connectivity index (χ1v) is 7.37. The molecule has 124 valence electrons. The Bertz CT molecular complexity index is 1050. The van der Waals surface area contributed by atoms with Crippen LogP contribution in [0.25, 0.3) is 22.3 Å². The van der Waals surface area contributed by atoms with Gasteiger partial charge in [-0.2, -0.15) is 5.10 Å². The number of H-pyrrole nitrogens is 2. The van der Waals surface area contributed by atoms with Gasteiger partial charge in [0.15, 0.2) is 23.3 Å². The molecular formula is C17H11F2N5O. The summed E-state index contributed by atoms with van der Waals surface area (Å²) < 4.78 is 26.3. The van der Waals surface area contributed by atoms with Crippen molar-refractivity contribution in [3.63, 3.8) is 0 Å². The molecule has 0 unspecified atom stereocenters. The maximum atomic E-state index is 13.3. The number of hydrogen-bond acceptors (Lipinski definition) is 3. The number of fused-ring (bicyclic) bond motifs is 1. The SMILES string of the molecule is O=C(Nc1cc(-c2ccc(F)c(F)c2)[nH]n1)c1nc2ccccc2[nH]1. The van der Waals surface area contributed by atoms with Gasteiger partial charge >= 0.3 is 0 Å². The molecule has 0 saturated heterocycles. The quantitative estimate of drug-likeness (QED) is 0.534. The summed E-state index contributed by atoms with van der Waals surface area (Å²) in [4.78, 5) is 19.4. The Morgan fingerprint density at radius 3 is 2.68 bits per heavy atom. The van der Waals surface area contributed by atoms with Crippen molar-refractivity contribution in [2.24, 2.45) is 0 Å². The van der Waals surface area contributed by atoms with Crippen LogP contribution in [0.5, 0.6) is 0 Å². The minimum Gasteiger partial charge on any atom is -0.334 e. The van der Waals surface area contributed by atoms with Crippen molar-refractivity contribution >= 4 is 22.8 Å². The molecule has 0 atom stereocenters. The largest absolute Gasteiger partial charge is 0.334 e. The van der Waals surface area contributed by atoms with E-state index in [1.54, 1.807) is 6.07 Å². The molecule has 2 heterocycles. The van der Waals surface area contributed by atoms with Crippen LogP contribution in [0, 0.1) is 11.6 Å². The number of anilines is 1. The molecule has 4 aromatic rings. The second-order valence-electron chi connectivity index (χ2n) is 5.35. The van der Waals surface area contributed by atoms with Crippen molar-refractivity contribution < 1.29 is 13.6 Å². The van der Waals surface area contributed by atoms with Crippen molar-refractivity contribution in [3.05, 3.63) is 66.0 Å². The van der Waals surface area contributed by atoms with Gasteiger partial charge in [0, 0.05) is 11.6 Å². The van der Waals surface area contributed by atoms with Gasteiger partial charge in [-0.05, 0) is 30.3 Å². The van der Waals surface area contributed by atoms with Gasteiger partial charge in [-0.3, -0.25) is 9.89 Å². The lowest BCUT2D eigenvalue weighted by molar-refractivity contribution is 0.101. The monoisotopic (exact) mass is 339 g/mol. The number of rotatable bonds is 3. The Kier molecular flexibility index (Phi) is 3.50. The summed E-state index contributed by atoms with van der Waals surface area (Å²) >= 11 is 0. The van der Waals surface area contributed by atoms with Crippen LogP contribution >= 0.6 is 0 Å². The van der Waals surface area contributed by atoms with Gasteiger partial charge in [-0.15, -0.1) is 0 Å². The van der Waals surface area contributed by atoms with Gasteiger partial charge in [0.1, 0.15) is 0 Å². The van der Waals surface area contributed by atoms with Gasteiger partial charge in [-0.25, -0.2) is 13.8 Å². The molecule has 0 bridgehead atoms. The van der Waals surface area contributed by atoms with E-state index in [0.29, 0.717) is 16.8 Å². The van der Waals surface area contributed by atoms with E-state index in [2.05, 4.69) is 25.5 Å². The zero-order chi connectivity index (χ0) is 17.4. The number of aromatic amines is 2. The normalized spacial score (nSPS) is 11.0. The van der Waals surface area contributed by atoms with Crippen molar-refractivity contribution in [2.45, 2.75) is 0 Å². The van der Waals surface area contributed by atoms with E-state index in [-0.39, 0.29) is 11.6 Å². The van der Waals surface area contributed by atoms with Crippen LogP contribution < -0.4 is 5.32 Å². The van der Waals surface area contributed by atoms with Crippen LogP contribution in [-0.2, 0) is 0 Å². The molecule has 2 aromatic heterocycles. The number of imidazole rings is 1. The van der Waals surface area contributed by atoms with Crippen LogP contribution in [-0.4, -0.2) is 26.1 Å². The molecule has 25 heavy (non-hydrogen) atoms. The van der Waals surface area contributed by atoms with Crippen LogP contribution in [0.2, 0.25) is 0 Å². The summed E-state index contributed by atoms with van der Waals surface area (Å²) in [7, 11) is 0. The first-order valence-electron chi connectivity index (χ1n) is 7.37. The molecule has 1 amide bonds. The zero-order valence-corrected chi connectivity index (χ0v) is 12.7. The lowest BCUT2D eigenvalue weighted by atomic mass is 10.1. The summed E-state index contributed by atoms with van der Waals surface area (Å²) in [5.41, 5.74) is 2.28. The third-order valence-corrected chi connectivity index (χ3v) is 3.65. The number of nitrogens with zero attached hydrogens (tertiary/aromatic N) is 2. The third kappa shape index (κ3) is 2.85. The standard InChI is InChI=1S/C17H11F2N5O/c18-10-6-5-9(7-11(10)19)14-8-15(24-23-14)22-17(25)16-20-12-3-1-2-4-13(12)21-16/h1-8H,(H,20,21)(H2,22,23,24,25).